The van der Waals surface area contributed by atoms with Gasteiger partial charge in [0.2, 0.25) is 0 Å². The van der Waals surface area contributed by atoms with Gasteiger partial charge in [0.05, 0.1) is 25.4 Å². The Morgan fingerprint density at radius 3 is 2.69 bits per heavy atom. The summed E-state index contributed by atoms with van der Waals surface area (Å²) in [6.07, 6.45) is 3.56. The fraction of sp³-hybridized carbons (Fsp3) is 0.667. The second-order valence-corrected chi connectivity index (χ2v) is 7.03. The zero-order valence-corrected chi connectivity index (χ0v) is 20.1. The van der Waals surface area contributed by atoms with Crippen LogP contribution in [-0.2, 0) is 14.2 Å². The maximum absolute atomic E-state index is 5.69. The standard InChI is InChI=1S/C21H35N3O4.HI/c1-17(2)28-19-9-7-18(8-10-19)24-21(23-12-15-25-3)22-11-5-13-26-16-20-6-4-14-27-20;/h7-10,17,20H,4-6,11-16H2,1-3H3,(H2,22,23,24);1H. The molecule has 0 bridgehead atoms. The minimum atomic E-state index is 0. The summed E-state index contributed by atoms with van der Waals surface area (Å²) in [6, 6.07) is 7.87. The second-order valence-electron chi connectivity index (χ2n) is 7.03. The summed E-state index contributed by atoms with van der Waals surface area (Å²) in [4.78, 5) is 4.63. The molecule has 1 atom stereocenters. The van der Waals surface area contributed by atoms with E-state index in [4.69, 9.17) is 18.9 Å². The van der Waals surface area contributed by atoms with Gasteiger partial charge in [0.1, 0.15) is 5.75 Å². The van der Waals surface area contributed by atoms with Crippen LogP contribution in [0.2, 0.25) is 0 Å². The molecule has 0 aromatic heterocycles. The van der Waals surface area contributed by atoms with Gasteiger partial charge in [0.15, 0.2) is 5.96 Å². The summed E-state index contributed by atoms with van der Waals surface area (Å²) in [5, 5.41) is 6.59. The zero-order chi connectivity index (χ0) is 20.0. The van der Waals surface area contributed by atoms with Crippen LogP contribution in [0.1, 0.15) is 33.1 Å². The Morgan fingerprint density at radius 1 is 1.24 bits per heavy atom. The highest BCUT2D eigenvalue weighted by molar-refractivity contribution is 14.0. The van der Waals surface area contributed by atoms with Crippen LogP contribution in [0.5, 0.6) is 5.75 Å². The molecule has 0 radical (unpaired) electrons. The normalized spacial score (nSPS) is 16.6. The lowest BCUT2D eigenvalue weighted by Gasteiger charge is -2.14. The fourth-order valence-electron chi connectivity index (χ4n) is 2.78. The molecule has 2 N–H and O–H groups in total. The Morgan fingerprint density at radius 2 is 2.03 bits per heavy atom. The number of benzene rings is 1. The molecule has 29 heavy (non-hydrogen) atoms. The van der Waals surface area contributed by atoms with Crippen molar-refractivity contribution in [3.05, 3.63) is 24.3 Å². The molecule has 1 aliphatic heterocycles. The van der Waals surface area contributed by atoms with Gasteiger partial charge in [-0.05, 0) is 57.4 Å². The number of ether oxygens (including phenoxy) is 4. The zero-order valence-electron chi connectivity index (χ0n) is 17.8. The number of nitrogens with one attached hydrogen (secondary N) is 2. The van der Waals surface area contributed by atoms with Crippen molar-refractivity contribution in [2.45, 2.75) is 45.3 Å². The maximum atomic E-state index is 5.69. The van der Waals surface area contributed by atoms with Crippen molar-refractivity contribution in [2.24, 2.45) is 4.99 Å². The Balaban J connectivity index is 0.00000420. The Kier molecular flexibility index (Phi) is 14.0. The average molecular weight is 521 g/mol. The largest absolute Gasteiger partial charge is 0.491 e. The molecule has 1 saturated heterocycles. The van der Waals surface area contributed by atoms with E-state index in [2.05, 4.69) is 15.6 Å². The van der Waals surface area contributed by atoms with Crippen LogP contribution in [-0.4, -0.2) is 64.8 Å². The van der Waals surface area contributed by atoms with E-state index >= 15 is 0 Å². The first-order valence-corrected chi connectivity index (χ1v) is 10.2. The van der Waals surface area contributed by atoms with Crippen molar-refractivity contribution in [3.63, 3.8) is 0 Å². The van der Waals surface area contributed by atoms with E-state index in [1.165, 1.54) is 0 Å². The van der Waals surface area contributed by atoms with Crippen LogP contribution in [0.15, 0.2) is 29.3 Å². The molecule has 8 heteroatoms. The van der Waals surface area contributed by atoms with Crippen molar-refractivity contribution in [2.75, 3.05) is 51.9 Å². The number of hydrogen-bond acceptors (Lipinski definition) is 5. The second kappa shape index (κ2) is 15.7. The lowest BCUT2D eigenvalue weighted by atomic mass is 10.2. The number of methoxy groups -OCH3 is 1. The monoisotopic (exact) mass is 521 g/mol. The van der Waals surface area contributed by atoms with E-state index in [9.17, 15) is 0 Å². The summed E-state index contributed by atoms with van der Waals surface area (Å²) in [6.45, 7) is 8.26. The minimum Gasteiger partial charge on any atom is -0.491 e. The molecule has 0 saturated carbocycles. The quantitative estimate of drug-likeness (QED) is 0.189. The Bertz CT molecular complexity index is 564. The highest BCUT2D eigenvalue weighted by Crippen LogP contribution is 2.17. The van der Waals surface area contributed by atoms with Crippen molar-refractivity contribution < 1.29 is 18.9 Å². The number of hydrogen-bond donors (Lipinski definition) is 2. The van der Waals surface area contributed by atoms with E-state index in [-0.39, 0.29) is 36.2 Å². The molecule has 0 amide bonds. The molecule has 1 aromatic carbocycles. The molecule has 166 valence electrons. The van der Waals surface area contributed by atoms with Gasteiger partial charge in [0.25, 0.3) is 0 Å². The number of halogens is 1. The fourth-order valence-corrected chi connectivity index (χ4v) is 2.78. The predicted molar refractivity (Wildman–Crippen MR) is 128 cm³/mol. The van der Waals surface area contributed by atoms with Crippen LogP contribution in [0.3, 0.4) is 0 Å². The number of guanidine groups is 1. The van der Waals surface area contributed by atoms with Gasteiger partial charge in [-0.3, -0.25) is 4.99 Å². The highest BCUT2D eigenvalue weighted by atomic mass is 127. The van der Waals surface area contributed by atoms with Crippen LogP contribution < -0.4 is 15.4 Å². The van der Waals surface area contributed by atoms with E-state index in [1.54, 1.807) is 7.11 Å². The number of nitrogens with zero attached hydrogens (tertiary/aromatic N) is 1. The van der Waals surface area contributed by atoms with E-state index in [0.717, 1.165) is 43.3 Å². The molecular formula is C21H36IN3O4. The predicted octanol–water partition coefficient (Wildman–Crippen LogP) is 3.68. The number of aliphatic imine (C=N–C) groups is 1. The maximum Gasteiger partial charge on any atom is 0.195 e. The third kappa shape index (κ3) is 11.6. The summed E-state index contributed by atoms with van der Waals surface area (Å²) in [5.74, 6) is 1.59. The number of rotatable bonds is 12. The van der Waals surface area contributed by atoms with E-state index in [1.807, 2.05) is 38.1 Å². The molecule has 1 fully saturated rings. The molecule has 2 rings (SSSR count). The Hall–Kier alpha value is -1.10. The Labute approximate surface area is 191 Å². The van der Waals surface area contributed by atoms with Crippen molar-refractivity contribution in [3.8, 4) is 5.75 Å². The van der Waals surface area contributed by atoms with Gasteiger partial charge >= 0.3 is 0 Å². The molecule has 1 aromatic rings. The lowest BCUT2D eigenvalue weighted by molar-refractivity contribution is 0.0171. The summed E-state index contributed by atoms with van der Waals surface area (Å²) < 4.78 is 22.0. The van der Waals surface area contributed by atoms with Gasteiger partial charge in [-0.25, -0.2) is 0 Å². The van der Waals surface area contributed by atoms with Crippen molar-refractivity contribution >= 4 is 35.6 Å². The van der Waals surface area contributed by atoms with Crippen molar-refractivity contribution in [1.82, 2.24) is 5.32 Å². The molecule has 0 spiro atoms. The number of anilines is 1. The summed E-state index contributed by atoms with van der Waals surface area (Å²) in [7, 11) is 1.69. The SMILES string of the molecule is COCCNC(=NCCCOCC1CCCO1)Nc1ccc(OC(C)C)cc1.I. The van der Waals surface area contributed by atoms with E-state index < -0.39 is 0 Å². The topological polar surface area (TPSA) is 73.3 Å². The highest BCUT2D eigenvalue weighted by Gasteiger charge is 2.14. The molecule has 1 aliphatic rings. The molecule has 7 nitrogen and oxygen atoms in total. The lowest BCUT2D eigenvalue weighted by Crippen LogP contribution is -2.33. The molecule has 1 unspecified atom stereocenters. The minimum absolute atomic E-state index is 0. The third-order valence-corrected chi connectivity index (χ3v) is 4.13. The molecule has 1 heterocycles. The van der Waals surface area contributed by atoms with E-state index in [0.29, 0.717) is 32.9 Å². The first kappa shape index (κ1) is 25.9. The first-order valence-electron chi connectivity index (χ1n) is 10.2. The van der Waals surface area contributed by atoms with Gasteiger partial charge in [-0.1, -0.05) is 0 Å². The van der Waals surface area contributed by atoms with Gasteiger partial charge < -0.3 is 29.6 Å². The van der Waals surface area contributed by atoms with Gasteiger partial charge in [-0.2, -0.15) is 0 Å². The molecule has 0 aliphatic carbocycles. The van der Waals surface area contributed by atoms with Crippen LogP contribution >= 0.6 is 24.0 Å². The summed E-state index contributed by atoms with van der Waals surface area (Å²) >= 11 is 0. The average Bonchev–Trinajstić information content (AvgIpc) is 3.19. The van der Waals surface area contributed by atoms with Crippen LogP contribution in [0.25, 0.3) is 0 Å². The van der Waals surface area contributed by atoms with Crippen LogP contribution in [0.4, 0.5) is 5.69 Å². The third-order valence-electron chi connectivity index (χ3n) is 4.13. The smallest absolute Gasteiger partial charge is 0.195 e. The van der Waals surface area contributed by atoms with Gasteiger partial charge in [0, 0.05) is 39.1 Å². The van der Waals surface area contributed by atoms with Gasteiger partial charge in [-0.15, -0.1) is 24.0 Å². The van der Waals surface area contributed by atoms with Crippen molar-refractivity contribution in [1.29, 1.82) is 0 Å². The first-order chi connectivity index (χ1) is 13.7. The molecular weight excluding hydrogens is 485 g/mol. The summed E-state index contributed by atoms with van der Waals surface area (Å²) in [5.41, 5.74) is 0.953. The van der Waals surface area contributed by atoms with Crippen LogP contribution in [0, 0.1) is 0 Å².